The van der Waals surface area contributed by atoms with Crippen molar-refractivity contribution in [3.8, 4) is 0 Å². The van der Waals surface area contributed by atoms with E-state index in [2.05, 4.69) is 0 Å². The summed E-state index contributed by atoms with van der Waals surface area (Å²) in [5.41, 5.74) is 8.83. The van der Waals surface area contributed by atoms with Crippen LogP contribution in [0, 0.1) is 6.92 Å². The van der Waals surface area contributed by atoms with Crippen LogP contribution in [0.1, 0.15) is 22.8 Å². The third kappa shape index (κ3) is 5.49. The molecule has 0 saturated carbocycles. The van der Waals surface area contributed by atoms with Crippen molar-refractivity contribution in [2.45, 2.75) is 29.3 Å². The highest BCUT2D eigenvalue weighted by Crippen LogP contribution is 2.41. The Bertz CT molecular complexity index is 1500. The molecule has 1 fully saturated rings. The van der Waals surface area contributed by atoms with Crippen molar-refractivity contribution >= 4 is 33.8 Å². The van der Waals surface area contributed by atoms with E-state index in [1.54, 1.807) is 12.1 Å². The van der Waals surface area contributed by atoms with Crippen LogP contribution in [0.15, 0.2) is 113 Å². The topological polar surface area (TPSA) is 116 Å². The van der Waals surface area contributed by atoms with Gasteiger partial charge in [-0.2, -0.15) is 8.42 Å². The van der Waals surface area contributed by atoms with E-state index in [0.717, 1.165) is 23.0 Å². The van der Waals surface area contributed by atoms with Gasteiger partial charge in [-0.1, -0.05) is 78.4 Å². The normalized spacial score (nSPS) is 19.2. The van der Waals surface area contributed by atoms with Gasteiger partial charge in [0.1, 0.15) is 28.3 Å². The summed E-state index contributed by atoms with van der Waals surface area (Å²) in [4.78, 5) is 27.7. The van der Waals surface area contributed by atoms with Gasteiger partial charge in [0.15, 0.2) is 6.10 Å². The molecular formula is C29H26N2O6S2. The Hall–Kier alpha value is -3.86. The smallest absolute Gasteiger partial charge is 0.356 e. The molecule has 8 nitrogen and oxygen atoms in total. The number of thioether (sulfide) groups is 1. The lowest BCUT2D eigenvalue weighted by atomic mass is 10.0. The number of esters is 1. The van der Waals surface area contributed by atoms with Gasteiger partial charge in [0.05, 0.1) is 0 Å². The van der Waals surface area contributed by atoms with Gasteiger partial charge < -0.3 is 14.7 Å². The van der Waals surface area contributed by atoms with Crippen LogP contribution in [-0.4, -0.2) is 42.4 Å². The molecule has 3 aromatic rings. The number of aryl methyl sites for hydroxylation is 1. The Morgan fingerprint density at radius 3 is 2.18 bits per heavy atom. The molecule has 2 atom stereocenters. The third-order valence-corrected chi connectivity index (χ3v) is 8.96. The predicted octanol–water partition coefficient (Wildman–Crippen LogP) is 4.04. The van der Waals surface area contributed by atoms with Crippen molar-refractivity contribution in [2.75, 3.05) is 5.75 Å². The number of β-lactam (4-membered cyclic amide) rings is 1. The number of hydrogen-bond donors (Lipinski definition) is 1. The van der Waals surface area contributed by atoms with E-state index in [1.165, 1.54) is 34.9 Å². The lowest BCUT2D eigenvalue weighted by molar-refractivity contribution is -0.153. The number of hydrogen-bond acceptors (Lipinski definition) is 8. The number of benzene rings is 3. The van der Waals surface area contributed by atoms with Crippen molar-refractivity contribution in [2.24, 2.45) is 5.73 Å². The largest absolute Gasteiger partial charge is 0.448 e. The monoisotopic (exact) mass is 562 g/mol. The van der Waals surface area contributed by atoms with Crippen LogP contribution in [-0.2, 0) is 28.6 Å². The van der Waals surface area contributed by atoms with Crippen LogP contribution >= 0.6 is 11.8 Å². The first kappa shape index (κ1) is 26.7. The van der Waals surface area contributed by atoms with Crippen molar-refractivity contribution in [3.63, 3.8) is 0 Å². The number of rotatable bonds is 8. The number of nitrogens with two attached hydrogens (primary N) is 1. The molecule has 2 aliphatic rings. The molecule has 5 rings (SSSR count). The van der Waals surface area contributed by atoms with Gasteiger partial charge in [0, 0.05) is 5.75 Å². The van der Waals surface area contributed by atoms with E-state index in [0.29, 0.717) is 11.3 Å². The number of allylic oxidation sites excluding steroid dienone is 1. The Balaban J connectivity index is 1.46. The molecule has 0 aliphatic carbocycles. The molecule has 39 heavy (non-hydrogen) atoms. The molecule has 0 spiro atoms. The maximum atomic E-state index is 13.7. The first-order valence-corrected chi connectivity index (χ1v) is 14.6. The van der Waals surface area contributed by atoms with Crippen LogP contribution in [0.25, 0.3) is 0 Å². The van der Waals surface area contributed by atoms with E-state index in [4.69, 9.17) is 14.7 Å². The standard InChI is InChI=1S/C29H26N2O6S2/c1-19-12-14-23(15-13-19)39(34,35)36-17-16-22-18-38-28-24(30)27(32)31(28)25(22)29(33)37-26(20-8-4-2-5-9-20)21-10-6-3-7-11-21/h2-17,24,26,28H,18,30H2,1H3/b17-16+/t24-,28-/m1/s1. The van der Waals surface area contributed by atoms with Crippen molar-refractivity contribution < 1.29 is 26.9 Å². The molecule has 0 radical (unpaired) electrons. The predicted molar refractivity (Wildman–Crippen MR) is 148 cm³/mol. The number of nitrogens with zero attached hydrogens (tertiary/aromatic N) is 1. The first-order valence-electron chi connectivity index (χ1n) is 12.2. The van der Waals surface area contributed by atoms with Crippen LogP contribution in [0.2, 0.25) is 0 Å². The van der Waals surface area contributed by atoms with E-state index in [-0.39, 0.29) is 10.6 Å². The van der Waals surface area contributed by atoms with Gasteiger partial charge >= 0.3 is 16.1 Å². The van der Waals surface area contributed by atoms with Gasteiger partial charge in [0.25, 0.3) is 0 Å². The maximum absolute atomic E-state index is 13.7. The summed E-state index contributed by atoms with van der Waals surface area (Å²) in [6.07, 6.45) is 1.66. The molecule has 0 aromatic heterocycles. The Kier molecular flexibility index (Phi) is 7.60. The van der Waals surface area contributed by atoms with Crippen molar-refractivity contribution in [1.29, 1.82) is 0 Å². The molecule has 200 valence electrons. The van der Waals surface area contributed by atoms with Gasteiger partial charge in [-0.15, -0.1) is 11.8 Å². The molecule has 10 heteroatoms. The molecule has 2 aliphatic heterocycles. The fraction of sp³-hybridized carbons (Fsp3) is 0.172. The summed E-state index contributed by atoms with van der Waals surface area (Å²) < 4.78 is 36.4. The summed E-state index contributed by atoms with van der Waals surface area (Å²) >= 11 is 1.38. The molecule has 2 N–H and O–H groups in total. The van der Waals surface area contributed by atoms with Crippen LogP contribution < -0.4 is 5.73 Å². The fourth-order valence-electron chi connectivity index (χ4n) is 4.35. The van der Waals surface area contributed by atoms with Gasteiger partial charge in [0.2, 0.25) is 5.91 Å². The molecule has 1 saturated heterocycles. The Morgan fingerprint density at radius 2 is 1.59 bits per heavy atom. The number of carbonyl (C=O) groups excluding carboxylic acids is 2. The number of ether oxygens (including phenoxy) is 1. The quantitative estimate of drug-likeness (QED) is 0.189. The van der Waals surface area contributed by atoms with Crippen LogP contribution in [0.5, 0.6) is 0 Å². The minimum absolute atomic E-state index is 0.00176. The number of carbonyl (C=O) groups is 2. The van der Waals surface area contributed by atoms with E-state index < -0.39 is 39.5 Å². The lowest BCUT2D eigenvalue weighted by Gasteiger charge is -2.48. The van der Waals surface area contributed by atoms with E-state index >= 15 is 0 Å². The van der Waals surface area contributed by atoms with Crippen molar-refractivity contribution in [3.05, 3.63) is 125 Å². The zero-order valence-corrected chi connectivity index (χ0v) is 22.6. The van der Waals surface area contributed by atoms with Crippen LogP contribution in [0.3, 0.4) is 0 Å². The lowest BCUT2D eigenvalue weighted by Crippen LogP contribution is -2.68. The van der Waals surface area contributed by atoms with Gasteiger partial charge in [-0.25, -0.2) is 4.79 Å². The highest BCUT2D eigenvalue weighted by molar-refractivity contribution is 8.00. The summed E-state index contributed by atoms with van der Waals surface area (Å²) in [5.74, 6) is -0.827. The molecule has 1 amide bonds. The average molecular weight is 563 g/mol. The first-order chi connectivity index (χ1) is 18.8. The SMILES string of the molecule is Cc1ccc(S(=O)(=O)O/C=C/C2=C(C(=O)OC(c3ccccc3)c3ccccc3)N3C(=O)[C@@H](N)[C@H]3SC2)cc1. The minimum atomic E-state index is -4.07. The van der Waals surface area contributed by atoms with Crippen molar-refractivity contribution in [1.82, 2.24) is 4.90 Å². The van der Waals surface area contributed by atoms with Crippen LogP contribution in [0.4, 0.5) is 0 Å². The fourth-order valence-corrected chi connectivity index (χ4v) is 6.40. The highest BCUT2D eigenvalue weighted by atomic mass is 32.2. The molecule has 0 bridgehead atoms. The zero-order chi connectivity index (χ0) is 27.6. The van der Waals surface area contributed by atoms with Gasteiger partial charge in [-0.3, -0.25) is 9.69 Å². The summed E-state index contributed by atoms with van der Waals surface area (Å²) in [6, 6.07) is 24.1. The summed E-state index contributed by atoms with van der Waals surface area (Å²) in [5, 5.41) is -0.415. The average Bonchev–Trinajstić information content (AvgIpc) is 2.96. The molecule has 0 unspecified atom stereocenters. The van der Waals surface area contributed by atoms with E-state index in [9.17, 15) is 18.0 Å². The summed E-state index contributed by atoms with van der Waals surface area (Å²) in [6.45, 7) is 1.85. The maximum Gasteiger partial charge on any atom is 0.356 e. The molecular weight excluding hydrogens is 536 g/mol. The van der Waals surface area contributed by atoms with Gasteiger partial charge in [-0.05, 0) is 41.8 Å². The zero-order valence-electron chi connectivity index (χ0n) is 21.0. The minimum Gasteiger partial charge on any atom is -0.448 e. The second-order valence-electron chi connectivity index (χ2n) is 9.08. The Labute approximate surface area is 231 Å². The molecule has 2 heterocycles. The molecule has 3 aromatic carbocycles. The number of amides is 1. The second kappa shape index (κ2) is 11.1. The van der Waals surface area contributed by atoms with E-state index in [1.807, 2.05) is 67.6 Å². The number of fused-ring (bicyclic) bond motifs is 1. The second-order valence-corrected chi connectivity index (χ2v) is 11.8. The summed E-state index contributed by atoms with van der Waals surface area (Å²) in [7, 11) is -4.07. The third-order valence-electron chi connectivity index (χ3n) is 6.42. The Morgan fingerprint density at radius 1 is 1.00 bits per heavy atom. The highest BCUT2D eigenvalue weighted by Gasteiger charge is 2.52.